The van der Waals surface area contributed by atoms with E-state index in [1.165, 1.54) is 48.8 Å². The van der Waals surface area contributed by atoms with Gasteiger partial charge in [-0.1, -0.05) is 132 Å². The fourth-order valence-corrected chi connectivity index (χ4v) is 10.4. The molecule has 1 atom stereocenters. The van der Waals surface area contributed by atoms with Gasteiger partial charge < -0.3 is 4.74 Å². The highest BCUT2D eigenvalue weighted by atomic mass is 31.1. The molecule has 0 fully saturated rings. The lowest BCUT2D eigenvalue weighted by Gasteiger charge is -2.25. The van der Waals surface area contributed by atoms with E-state index in [-0.39, 0.29) is 5.82 Å². The van der Waals surface area contributed by atoms with Gasteiger partial charge in [0.1, 0.15) is 11.6 Å². The molecule has 1 unspecified atom stereocenters. The van der Waals surface area contributed by atoms with Crippen LogP contribution in [-0.4, -0.2) is 7.11 Å². The van der Waals surface area contributed by atoms with Crippen LogP contribution in [0.15, 0.2) is 146 Å². The lowest BCUT2D eigenvalue weighted by atomic mass is 10.1. The maximum absolute atomic E-state index is 14.1. The molecule has 0 saturated heterocycles. The number of methoxy groups -OCH3 is 1. The summed E-state index contributed by atoms with van der Waals surface area (Å²) < 4.78 is 19.5. The molecule has 0 spiro atoms. The van der Waals surface area contributed by atoms with E-state index in [2.05, 4.69) is 123 Å². The Kier molecular flexibility index (Phi) is 9.32. The molecule has 0 N–H and O–H groups in total. The van der Waals surface area contributed by atoms with E-state index in [0.29, 0.717) is 0 Å². The zero-order chi connectivity index (χ0) is 30.5. The predicted octanol–water partition coefficient (Wildman–Crippen LogP) is 7.56. The van der Waals surface area contributed by atoms with E-state index in [9.17, 15) is 4.39 Å². The molecule has 218 valence electrons. The van der Waals surface area contributed by atoms with Gasteiger partial charge in [-0.2, -0.15) is 0 Å². The van der Waals surface area contributed by atoms with Crippen molar-refractivity contribution in [1.29, 1.82) is 0 Å². The van der Waals surface area contributed by atoms with Gasteiger partial charge in [-0.05, 0) is 103 Å². The molecule has 0 aromatic heterocycles. The van der Waals surface area contributed by atoms with Crippen molar-refractivity contribution in [2.75, 3.05) is 7.11 Å². The zero-order valence-corrected chi connectivity index (χ0v) is 27.0. The Morgan fingerprint density at radius 1 is 0.477 bits per heavy atom. The number of hydrogen-bond donors (Lipinski definition) is 0. The Labute approximate surface area is 262 Å². The van der Waals surface area contributed by atoms with E-state index in [4.69, 9.17) is 4.74 Å². The highest BCUT2D eigenvalue weighted by Gasteiger charge is 2.23. The minimum Gasteiger partial charge on any atom is -0.497 e. The van der Waals surface area contributed by atoms with Crippen molar-refractivity contribution in [2.24, 2.45) is 0 Å². The summed E-state index contributed by atoms with van der Waals surface area (Å²) in [4.78, 5) is 0. The fraction of sp³-hybridized carbons (Fsp3) is 0.100. The summed E-state index contributed by atoms with van der Waals surface area (Å²) >= 11 is 0. The van der Waals surface area contributed by atoms with E-state index in [1.807, 2.05) is 24.3 Å². The highest BCUT2D eigenvalue weighted by molar-refractivity contribution is 7.80. The van der Waals surface area contributed by atoms with Crippen LogP contribution in [0, 0.1) is 19.7 Å². The number of halogens is 1. The van der Waals surface area contributed by atoms with Crippen molar-refractivity contribution in [2.45, 2.75) is 20.3 Å². The second-order valence-corrected chi connectivity index (χ2v) is 15.3. The first-order valence-corrected chi connectivity index (χ1v) is 17.5. The van der Waals surface area contributed by atoms with Crippen LogP contribution in [-0.2, 0) is 6.42 Å². The van der Waals surface area contributed by atoms with Gasteiger partial charge in [-0.15, -0.1) is 0 Å². The Bertz CT molecular complexity index is 1780. The van der Waals surface area contributed by atoms with Gasteiger partial charge in [0.2, 0.25) is 0 Å². The van der Waals surface area contributed by atoms with Crippen molar-refractivity contribution < 1.29 is 9.13 Å². The van der Waals surface area contributed by atoms with E-state index in [1.54, 1.807) is 19.2 Å². The maximum Gasteiger partial charge on any atom is 0.123 e. The predicted molar refractivity (Wildman–Crippen MR) is 189 cm³/mol. The van der Waals surface area contributed by atoms with Crippen molar-refractivity contribution in [3.63, 3.8) is 0 Å². The molecular formula is C40H35FOP2. The van der Waals surface area contributed by atoms with Crippen LogP contribution in [0.4, 0.5) is 4.39 Å². The van der Waals surface area contributed by atoms with Gasteiger partial charge in [0, 0.05) is 0 Å². The van der Waals surface area contributed by atoms with Crippen LogP contribution < -0.4 is 36.6 Å². The third kappa shape index (κ3) is 6.68. The molecule has 6 aromatic rings. The van der Waals surface area contributed by atoms with Gasteiger partial charge in [0.05, 0.1) is 7.11 Å². The third-order valence-corrected chi connectivity index (χ3v) is 12.9. The number of ether oxygens (including phenoxy) is 1. The van der Waals surface area contributed by atoms with Gasteiger partial charge in [0.15, 0.2) is 0 Å². The van der Waals surface area contributed by atoms with Gasteiger partial charge in [0.25, 0.3) is 0 Å². The Morgan fingerprint density at radius 2 is 0.841 bits per heavy atom. The van der Waals surface area contributed by atoms with Crippen LogP contribution in [0.25, 0.3) is 0 Å². The van der Waals surface area contributed by atoms with Crippen molar-refractivity contribution in [3.05, 3.63) is 174 Å². The van der Waals surface area contributed by atoms with E-state index in [0.717, 1.165) is 17.5 Å². The summed E-state index contributed by atoms with van der Waals surface area (Å²) in [5.41, 5.74) is 5.15. The van der Waals surface area contributed by atoms with Crippen molar-refractivity contribution in [1.82, 2.24) is 0 Å². The largest absolute Gasteiger partial charge is 0.497 e. The average molecular weight is 613 g/mol. The number of rotatable bonds is 9. The molecule has 0 radical (unpaired) electrons. The summed E-state index contributed by atoms with van der Waals surface area (Å²) in [6.45, 7) is 4.29. The van der Waals surface area contributed by atoms with Crippen LogP contribution in [0.3, 0.4) is 0 Å². The summed E-state index contributed by atoms with van der Waals surface area (Å²) in [6, 6.07) is 51.1. The Balaban J connectivity index is 1.46. The lowest BCUT2D eigenvalue weighted by Crippen LogP contribution is -2.26. The first-order chi connectivity index (χ1) is 21.5. The molecular weight excluding hydrogens is 577 g/mol. The Hall–Kier alpha value is -4.09. The summed E-state index contributed by atoms with van der Waals surface area (Å²) in [7, 11) is -0.00257. The molecule has 0 bridgehead atoms. The monoisotopic (exact) mass is 612 g/mol. The standard InChI is InChI=1S/C40H35FOP2/c1-29-12-20-35(21-13-29)43(36-22-14-30(2)15-23-36)39-10-6-4-8-31(39)28-32-9-5-7-11-40(32)44(37-24-16-33(41)17-25-37)38-26-18-34(42-3)19-27-38/h4-27H,28H2,1-3H3. The number of aryl methyl sites for hydroxylation is 2. The first kappa shape index (κ1) is 30.0. The Morgan fingerprint density at radius 3 is 1.25 bits per heavy atom. The second-order valence-electron chi connectivity index (χ2n) is 11.0. The normalized spacial score (nSPS) is 11.8. The van der Waals surface area contributed by atoms with Crippen LogP contribution in [0.1, 0.15) is 22.3 Å². The molecule has 0 heterocycles. The van der Waals surface area contributed by atoms with Crippen LogP contribution in [0.5, 0.6) is 5.75 Å². The molecule has 0 aliphatic heterocycles. The molecule has 0 saturated carbocycles. The molecule has 0 aliphatic carbocycles. The van der Waals surface area contributed by atoms with Crippen LogP contribution in [0.2, 0.25) is 0 Å². The first-order valence-electron chi connectivity index (χ1n) is 14.8. The molecule has 6 aromatic carbocycles. The molecule has 44 heavy (non-hydrogen) atoms. The zero-order valence-electron chi connectivity index (χ0n) is 25.2. The molecule has 4 heteroatoms. The maximum atomic E-state index is 14.1. The van der Waals surface area contributed by atoms with Gasteiger partial charge in [-0.3, -0.25) is 0 Å². The van der Waals surface area contributed by atoms with E-state index >= 15 is 0 Å². The van der Waals surface area contributed by atoms with Gasteiger partial charge >= 0.3 is 0 Å². The quantitative estimate of drug-likeness (QED) is 0.153. The average Bonchev–Trinajstić information content (AvgIpc) is 3.06. The second kappa shape index (κ2) is 13.7. The molecule has 0 aliphatic rings. The van der Waals surface area contributed by atoms with E-state index < -0.39 is 15.8 Å². The topological polar surface area (TPSA) is 9.23 Å². The smallest absolute Gasteiger partial charge is 0.123 e. The summed E-state index contributed by atoms with van der Waals surface area (Å²) in [6.07, 6.45) is 0.805. The minimum absolute atomic E-state index is 0.221. The van der Waals surface area contributed by atoms with Crippen LogP contribution >= 0.6 is 15.8 Å². The summed E-state index contributed by atoms with van der Waals surface area (Å²) in [5, 5.41) is 7.68. The lowest BCUT2D eigenvalue weighted by molar-refractivity contribution is 0.415. The van der Waals surface area contributed by atoms with Gasteiger partial charge in [-0.25, -0.2) is 4.39 Å². The number of hydrogen-bond acceptors (Lipinski definition) is 1. The molecule has 1 nitrogen and oxygen atoms in total. The molecule has 0 amide bonds. The van der Waals surface area contributed by atoms with Crippen molar-refractivity contribution in [3.8, 4) is 5.75 Å². The minimum atomic E-state index is -0.930. The highest BCUT2D eigenvalue weighted by Crippen LogP contribution is 2.37. The summed E-state index contributed by atoms with van der Waals surface area (Å²) in [5.74, 6) is 0.604. The SMILES string of the molecule is COc1ccc(P(c2ccc(F)cc2)c2ccccc2Cc2ccccc2P(c2ccc(C)cc2)c2ccc(C)cc2)cc1. The molecule has 6 rings (SSSR count). The van der Waals surface area contributed by atoms with Crippen molar-refractivity contribution >= 4 is 47.7 Å². The fourth-order valence-electron chi connectivity index (χ4n) is 5.53. The third-order valence-electron chi connectivity index (χ3n) is 7.85. The number of benzene rings is 6.